The molecule has 1 saturated carbocycles. The lowest BCUT2D eigenvalue weighted by atomic mass is 9.72. The molecule has 0 saturated heterocycles. The third-order valence-electron chi connectivity index (χ3n) is 4.61. The molecule has 0 spiro atoms. The van der Waals surface area contributed by atoms with E-state index in [0.717, 1.165) is 17.9 Å². The molecule has 1 fully saturated rings. The second-order valence-corrected chi connectivity index (χ2v) is 6.60. The standard InChI is InChI=1S/C17H25ClO2/c1-17(9-5-4-6-10-17)16(18)12-13-7-8-14(19-2)15(11-13)20-3/h7-8,11,16H,4-6,9-10,12H2,1-3H3. The Morgan fingerprint density at radius 2 is 1.75 bits per heavy atom. The average Bonchev–Trinajstić information content (AvgIpc) is 2.47. The van der Waals surface area contributed by atoms with Gasteiger partial charge in [-0.25, -0.2) is 0 Å². The molecule has 2 rings (SSSR count). The van der Waals surface area contributed by atoms with Crippen molar-refractivity contribution in [3.63, 3.8) is 0 Å². The van der Waals surface area contributed by atoms with Crippen LogP contribution in [0.15, 0.2) is 18.2 Å². The van der Waals surface area contributed by atoms with Gasteiger partial charge in [-0.15, -0.1) is 11.6 Å². The van der Waals surface area contributed by atoms with Crippen molar-refractivity contribution in [2.24, 2.45) is 5.41 Å². The van der Waals surface area contributed by atoms with Crippen molar-refractivity contribution in [2.75, 3.05) is 14.2 Å². The summed E-state index contributed by atoms with van der Waals surface area (Å²) >= 11 is 6.73. The van der Waals surface area contributed by atoms with Gasteiger partial charge in [0.1, 0.15) is 0 Å². The lowest BCUT2D eigenvalue weighted by Crippen LogP contribution is -2.32. The SMILES string of the molecule is COc1ccc(CC(Cl)C2(C)CCCCC2)cc1OC. The van der Waals surface area contributed by atoms with Crippen molar-refractivity contribution in [2.45, 2.75) is 50.8 Å². The summed E-state index contributed by atoms with van der Waals surface area (Å²) < 4.78 is 10.6. The summed E-state index contributed by atoms with van der Waals surface area (Å²) in [6.45, 7) is 2.34. The molecule has 0 bridgehead atoms. The molecular weight excluding hydrogens is 272 g/mol. The Morgan fingerprint density at radius 3 is 2.35 bits per heavy atom. The molecule has 0 aliphatic heterocycles. The van der Waals surface area contributed by atoms with Gasteiger partial charge in [-0.05, 0) is 42.4 Å². The lowest BCUT2D eigenvalue weighted by molar-refractivity contribution is 0.205. The number of hydrogen-bond acceptors (Lipinski definition) is 2. The summed E-state index contributed by atoms with van der Waals surface area (Å²) in [4.78, 5) is 0. The van der Waals surface area contributed by atoms with Crippen LogP contribution in [0.1, 0.15) is 44.6 Å². The van der Waals surface area contributed by atoms with Crippen LogP contribution in [0.2, 0.25) is 0 Å². The highest BCUT2D eigenvalue weighted by Gasteiger charge is 2.34. The Labute approximate surface area is 127 Å². The maximum atomic E-state index is 6.73. The van der Waals surface area contributed by atoms with E-state index in [0.29, 0.717) is 0 Å². The lowest BCUT2D eigenvalue weighted by Gasteiger charge is -2.37. The van der Waals surface area contributed by atoms with E-state index in [4.69, 9.17) is 21.1 Å². The molecular formula is C17H25ClO2. The van der Waals surface area contributed by atoms with Gasteiger partial charge < -0.3 is 9.47 Å². The van der Waals surface area contributed by atoms with E-state index in [1.807, 2.05) is 12.1 Å². The van der Waals surface area contributed by atoms with E-state index in [2.05, 4.69) is 13.0 Å². The van der Waals surface area contributed by atoms with Crippen LogP contribution in [0, 0.1) is 5.41 Å². The van der Waals surface area contributed by atoms with E-state index in [-0.39, 0.29) is 10.8 Å². The summed E-state index contributed by atoms with van der Waals surface area (Å²) in [7, 11) is 3.33. The minimum atomic E-state index is 0.181. The first kappa shape index (κ1) is 15.5. The number of halogens is 1. The fraction of sp³-hybridized carbons (Fsp3) is 0.647. The first-order valence-electron chi connectivity index (χ1n) is 7.44. The molecule has 1 unspecified atom stereocenters. The molecule has 1 aromatic carbocycles. The van der Waals surface area contributed by atoms with Crippen LogP contribution < -0.4 is 9.47 Å². The van der Waals surface area contributed by atoms with E-state index >= 15 is 0 Å². The quantitative estimate of drug-likeness (QED) is 0.725. The molecule has 0 amide bonds. The topological polar surface area (TPSA) is 18.5 Å². The fourth-order valence-electron chi connectivity index (χ4n) is 3.13. The van der Waals surface area contributed by atoms with Crippen LogP contribution in [-0.4, -0.2) is 19.6 Å². The largest absolute Gasteiger partial charge is 0.493 e. The van der Waals surface area contributed by atoms with Crippen LogP contribution in [0.5, 0.6) is 11.5 Å². The number of hydrogen-bond donors (Lipinski definition) is 0. The van der Waals surface area contributed by atoms with Gasteiger partial charge in [0.05, 0.1) is 14.2 Å². The highest BCUT2D eigenvalue weighted by atomic mass is 35.5. The minimum absolute atomic E-state index is 0.181. The van der Waals surface area contributed by atoms with Crippen molar-refractivity contribution in [3.8, 4) is 11.5 Å². The zero-order chi connectivity index (χ0) is 14.6. The molecule has 0 radical (unpaired) electrons. The molecule has 0 N–H and O–H groups in total. The van der Waals surface area contributed by atoms with E-state index in [1.54, 1.807) is 14.2 Å². The highest BCUT2D eigenvalue weighted by molar-refractivity contribution is 6.21. The van der Waals surface area contributed by atoms with E-state index < -0.39 is 0 Å². The molecule has 1 atom stereocenters. The Kier molecular flexibility index (Phi) is 5.20. The minimum Gasteiger partial charge on any atom is -0.493 e. The highest BCUT2D eigenvalue weighted by Crippen LogP contribution is 2.42. The average molecular weight is 297 g/mol. The van der Waals surface area contributed by atoms with Gasteiger partial charge >= 0.3 is 0 Å². The molecule has 2 nitrogen and oxygen atoms in total. The van der Waals surface area contributed by atoms with E-state index in [1.165, 1.54) is 37.7 Å². The molecule has 3 heteroatoms. The molecule has 1 aliphatic carbocycles. The van der Waals surface area contributed by atoms with Crippen LogP contribution >= 0.6 is 11.6 Å². The smallest absolute Gasteiger partial charge is 0.160 e. The van der Waals surface area contributed by atoms with Gasteiger partial charge in [-0.2, -0.15) is 0 Å². The molecule has 0 aromatic heterocycles. The number of benzene rings is 1. The second kappa shape index (κ2) is 6.71. The van der Waals surface area contributed by atoms with Crippen LogP contribution in [-0.2, 0) is 6.42 Å². The van der Waals surface area contributed by atoms with Crippen LogP contribution in [0.25, 0.3) is 0 Å². The Bertz CT molecular complexity index is 439. The van der Waals surface area contributed by atoms with Gasteiger partial charge in [0, 0.05) is 5.38 Å². The first-order valence-corrected chi connectivity index (χ1v) is 7.88. The third kappa shape index (κ3) is 3.41. The van der Waals surface area contributed by atoms with Gasteiger partial charge in [-0.3, -0.25) is 0 Å². The molecule has 1 aliphatic rings. The van der Waals surface area contributed by atoms with Crippen molar-refractivity contribution in [3.05, 3.63) is 23.8 Å². The van der Waals surface area contributed by atoms with Gasteiger partial charge in [0.15, 0.2) is 11.5 Å². The molecule has 112 valence electrons. The van der Waals surface area contributed by atoms with Gasteiger partial charge in [-0.1, -0.05) is 32.3 Å². The van der Waals surface area contributed by atoms with E-state index in [9.17, 15) is 0 Å². The second-order valence-electron chi connectivity index (χ2n) is 6.08. The van der Waals surface area contributed by atoms with Crippen LogP contribution in [0.3, 0.4) is 0 Å². The van der Waals surface area contributed by atoms with Crippen molar-refractivity contribution >= 4 is 11.6 Å². The Morgan fingerprint density at radius 1 is 1.10 bits per heavy atom. The number of ether oxygens (including phenoxy) is 2. The van der Waals surface area contributed by atoms with Crippen molar-refractivity contribution < 1.29 is 9.47 Å². The third-order valence-corrected chi connectivity index (χ3v) is 5.30. The Hall–Kier alpha value is -0.890. The maximum absolute atomic E-state index is 6.73. The predicted octanol–water partition coefficient (Wildman–Crippen LogP) is 4.82. The summed E-state index contributed by atoms with van der Waals surface area (Å²) in [5.74, 6) is 1.55. The number of rotatable bonds is 5. The summed E-state index contributed by atoms with van der Waals surface area (Å²) in [5.41, 5.74) is 1.49. The zero-order valence-electron chi connectivity index (χ0n) is 12.7. The van der Waals surface area contributed by atoms with Crippen LogP contribution in [0.4, 0.5) is 0 Å². The Balaban J connectivity index is 2.09. The first-order chi connectivity index (χ1) is 9.59. The molecule has 1 aromatic rings. The fourth-order valence-corrected chi connectivity index (χ4v) is 3.53. The summed E-state index contributed by atoms with van der Waals surface area (Å²) in [5, 5.41) is 0.181. The predicted molar refractivity (Wildman–Crippen MR) is 84.1 cm³/mol. The molecule has 0 heterocycles. The normalized spacial score (nSPS) is 19.4. The summed E-state index contributed by atoms with van der Waals surface area (Å²) in [6.07, 6.45) is 7.36. The van der Waals surface area contributed by atoms with Crippen molar-refractivity contribution in [1.29, 1.82) is 0 Å². The van der Waals surface area contributed by atoms with Gasteiger partial charge in [0.2, 0.25) is 0 Å². The summed E-state index contributed by atoms with van der Waals surface area (Å²) in [6, 6.07) is 6.09. The maximum Gasteiger partial charge on any atom is 0.160 e. The zero-order valence-corrected chi connectivity index (χ0v) is 13.5. The number of methoxy groups -OCH3 is 2. The van der Waals surface area contributed by atoms with Crippen molar-refractivity contribution in [1.82, 2.24) is 0 Å². The monoisotopic (exact) mass is 296 g/mol. The number of alkyl halides is 1. The van der Waals surface area contributed by atoms with Gasteiger partial charge in [0.25, 0.3) is 0 Å². The molecule has 20 heavy (non-hydrogen) atoms.